The van der Waals surface area contributed by atoms with Gasteiger partial charge in [0.05, 0.1) is 18.1 Å². The van der Waals surface area contributed by atoms with Crippen molar-refractivity contribution in [2.45, 2.75) is 6.61 Å². The molecule has 0 aliphatic rings. The van der Waals surface area contributed by atoms with Crippen molar-refractivity contribution in [2.75, 3.05) is 0 Å². The summed E-state index contributed by atoms with van der Waals surface area (Å²) in [5.74, 6) is -0.393. The second-order valence-corrected chi connectivity index (χ2v) is 4.36. The lowest BCUT2D eigenvalue weighted by atomic mass is 10.3. The Morgan fingerprint density at radius 3 is 2.78 bits per heavy atom. The molecule has 18 heavy (non-hydrogen) atoms. The van der Waals surface area contributed by atoms with Crippen LogP contribution in [0.5, 0.6) is 5.75 Å². The zero-order valence-corrected chi connectivity index (χ0v) is 10.8. The number of aromatic nitrogens is 2. The lowest BCUT2D eigenvalue weighted by Gasteiger charge is -2.05. The van der Waals surface area contributed by atoms with E-state index in [4.69, 9.17) is 9.84 Å². The van der Waals surface area contributed by atoms with E-state index in [1.807, 2.05) is 24.3 Å². The van der Waals surface area contributed by atoms with Gasteiger partial charge in [-0.05, 0) is 18.2 Å². The van der Waals surface area contributed by atoms with Crippen LogP contribution in [-0.4, -0.2) is 21.0 Å². The number of aromatic carboxylic acids is 1. The van der Waals surface area contributed by atoms with E-state index in [2.05, 4.69) is 25.9 Å². The molecule has 0 bridgehead atoms. The smallest absolute Gasteiger partial charge is 0.356 e. The third-order valence-corrected chi connectivity index (χ3v) is 2.60. The highest BCUT2D eigenvalue weighted by atomic mass is 79.9. The first kappa shape index (κ1) is 12.5. The Morgan fingerprint density at radius 2 is 2.17 bits per heavy atom. The molecule has 1 aromatic heterocycles. The van der Waals surface area contributed by atoms with Gasteiger partial charge in [0.15, 0.2) is 5.69 Å². The van der Waals surface area contributed by atoms with Gasteiger partial charge in [-0.2, -0.15) is 0 Å². The van der Waals surface area contributed by atoms with Crippen molar-refractivity contribution in [2.24, 2.45) is 0 Å². The summed E-state index contributed by atoms with van der Waals surface area (Å²) in [5.41, 5.74) is 0.487. The molecule has 0 aliphatic heterocycles. The largest absolute Gasteiger partial charge is 0.487 e. The Morgan fingerprint density at radius 1 is 1.33 bits per heavy atom. The Hall–Kier alpha value is -1.95. The molecule has 1 N–H and O–H groups in total. The lowest BCUT2D eigenvalue weighted by Crippen LogP contribution is -2.04. The van der Waals surface area contributed by atoms with Crippen molar-refractivity contribution in [3.63, 3.8) is 0 Å². The summed E-state index contributed by atoms with van der Waals surface area (Å²) < 4.78 is 6.42. The molecule has 0 amide bonds. The minimum atomic E-state index is -1.10. The molecule has 0 aliphatic carbocycles. The second kappa shape index (κ2) is 5.59. The fraction of sp³-hybridized carbons (Fsp3) is 0.0833. The number of carboxylic acid groups (broad SMARTS) is 1. The Kier molecular flexibility index (Phi) is 3.88. The summed E-state index contributed by atoms with van der Waals surface area (Å²) in [6.45, 7) is 0.239. The van der Waals surface area contributed by atoms with Crippen LogP contribution in [0.2, 0.25) is 0 Å². The van der Waals surface area contributed by atoms with E-state index >= 15 is 0 Å². The fourth-order valence-electron chi connectivity index (χ4n) is 1.25. The van der Waals surface area contributed by atoms with E-state index in [0.29, 0.717) is 11.4 Å². The Balaban J connectivity index is 2.00. The van der Waals surface area contributed by atoms with Crippen molar-refractivity contribution in [1.82, 2.24) is 9.97 Å². The van der Waals surface area contributed by atoms with Crippen molar-refractivity contribution >= 4 is 21.9 Å². The number of carboxylic acids is 1. The van der Waals surface area contributed by atoms with E-state index in [9.17, 15) is 4.79 Å². The molecule has 0 spiro atoms. The normalized spacial score (nSPS) is 10.1. The highest BCUT2D eigenvalue weighted by molar-refractivity contribution is 9.10. The van der Waals surface area contributed by atoms with Crippen molar-refractivity contribution in [3.05, 3.63) is 52.5 Å². The summed E-state index contributed by atoms with van der Waals surface area (Å²) in [7, 11) is 0. The first-order valence-corrected chi connectivity index (χ1v) is 5.87. The maximum Gasteiger partial charge on any atom is 0.356 e. The van der Waals surface area contributed by atoms with Crippen molar-refractivity contribution < 1.29 is 14.6 Å². The van der Waals surface area contributed by atoms with Gasteiger partial charge in [-0.25, -0.2) is 9.78 Å². The topological polar surface area (TPSA) is 72.3 Å². The Bertz CT molecular complexity index is 558. The van der Waals surface area contributed by atoms with Gasteiger partial charge < -0.3 is 9.84 Å². The maximum absolute atomic E-state index is 10.6. The first-order valence-electron chi connectivity index (χ1n) is 5.08. The van der Waals surface area contributed by atoms with Crippen molar-refractivity contribution in [3.8, 4) is 5.75 Å². The van der Waals surface area contributed by atoms with Gasteiger partial charge in [0, 0.05) is 4.47 Å². The number of hydrogen-bond donors (Lipinski definition) is 1. The summed E-state index contributed by atoms with van der Waals surface area (Å²) in [4.78, 5) is 18.3. The molecule has 0 atom stereocenters. The average Bonchev–Trinajstić information content (AvgIpc) is 2.37. The standard InChI is InChI=1S/C12H9BrN2O3/c13-8-2-1-3-10(4-8)18-7-9-5-15-11(6-14-9)12(16)17/h1-6H,7H2,(H,16,17). The van der Waals surface area contributed by atoms with E-state index < -0.39 is 5.97 Å². The number of nitrogens with zero attached hydrogens (tertiary/aromatic N) is 2. The van der Waals surface area contributed by atoms with Gasteiger partial charge in [0.1, 0.15) is 12.4 Å². The molecular formula is C12H9BrN2O3. The van der Waals surface area contributed by atoms with Crippen LogP contribution in [0.15, 0.2) is 41.1 Å². The lowest BCUT2D eigenvalue weighted by molar-refractivity contribution is 0.0690. The number of rotatable bonds is 4. The molecule has 6 heteroatoms. The third kappa shape index (κ3) is 3.27. The highest BCUT2D eigenvalue weighted by Crippen LogP contribution is 2.18. The Labute approximate surface area is 112 Å². The molecule has 5 nitrogen and oxygen atoms in total. The van der Waals surface area contributed by atoms with Crippen LogP contribution in [0, 0.1) is 0 Å². The SMILES string of the molecule is O=C(O)c1cnc(COc2cccc(Br)c2)cn1. The highest BCUT2D eigenvalue weighted by Gasteiger charge is 2.05. The van der Waals surface area contributed by atoms with Crippen LogP contribution < -0.4 is 4.74 Å². The molecule has 0 unspecified atom stereocenters. The molecule has 1 heterocycles. The average molecular weight is 309 g/mol. The minimum absolute atomic E-state index is 0.0822. The summed E-state index contributed by atoms with van der Waals surface area (Å²) >= 11 is 3.34. The number of ether oxygens (including phenoxy) is 1. The van der Waals surface area contributed by atoms with Crippen LogP contribution in [0.4, 0.5) is 0 Å². The number of halogens is 1. The number of benzene rings is 1. The summed E-state index contributed by atoms with van der Waals surface area (Å²) in [6.07, 6.45) is 2.60. The maximum atomic E-state index is 10.6. The predicted molar refractivity (Wildman–Crippen MR) is 67.5 cm³/mol. The van der Waals surface area contributed by atoms with Crippen LogP contribution in [0.25, 0.3) is 0 Å². The van der Waals surface area contributed by atoms with Crippen LogP contribution in [0.3, 0.4) is 0 Å². The molecule has 0 fully saturated rings. The van der Waals surface area contributed by atoms with Gasteiger partial charge in [-0.1, -0.05) is 22.0 Å². The van der Waals surface area contributed by atoms with Gasteiger partial charge >= 0.3 is 5.97 Å². The van der Waals surface area contributed by atoms with Gasteiger partial charge in [0.2, 0.25) is 0 Å². The summed E-state index contributed by atoms with van der Waals surface area (Å²) in [5, 5.41) is 8.68. The zero-order chi connectivity index (χ0) is 13.0. The molecule has 2 aromatic rings. The fourth-order valence-corrected chi connectivity index (χ4v) is 1.63. The van der Waals surface area contributed by atoms with Crippen LogP contribution >= 0.6 is 15.9 Å². The van der Waals surface area contributed by atoms with Gasteiger partial charge in [-0.3, -0.25) is 4.98 Å². The molecule has 0 saturated heterocycles. The summed E-state index contributed by atoms with van der Waals surface area (Å²) in [6, 6.07) is 7.41. The molecule has 92 valence electrons. The minimum Gasteiger partial charge on any atom is -0.487 e. The molecule has 0 radical (unpaired) electrons. The van der Waals surface area contributed by atoms with E-state index in [-0.39, 0.29) is 12.3 Å². The molecule has 1 aromatic carbocycles. The molecule has 0 saturated carbocycles. The third-order valence-electron chi connectivity index (χ3n) is 2.11. The molecular weight excluding hydrogens is 300 g/mol. The zero-order valence-electron chi connectivity index (χ0n) is 9.21. The van der Waals surface area contributed by atoms with Gasteiger partial charge in [0.25, 0.3) is 0 Å². The molecule has 2 rings (SSSR count). The number of hydrogen-bond acceptors (Lipinski definition) is 4. The predicted octanol–water partition coefficient (Wildman–Crippen LogP) is 2.52. The first-order chi connectivity index (χ1) is 8.65. The van der Waals surface area contributed by atoms with Gasteiger partial charge in [-0.15, -0.1) is 0 Å². The van der Waals surface area contributed by atoms with Crippen molar-refractivity contribution in [1.29, 1.82) is 0 Å². The van der Waals surface area contributed by atoms with Crippen LogP contribution in [0.1, 0.15) is 16.2 Å². The van der Waals surface area contributed by atoms with Crippen LogP contribution in [-0.2, 0) is 6.61 Å². The quantitative estimate of drug-likeness (QED) is 0.939. The number of carbonyl (C=O) groups is 1. The second-order valence-electron chi connectivity index (χ2n) is 3.44. The van der Waals surface area contributed by atoms with E-state index in [1.165, 1.54) is 12.4 Å². The monoisotopic (exact) mass is 308 g/mol. The van der Waals surface area contributed by atoms with E-state index in [0.717, 1.165) is 4.47 Å². The van der Waals surface area contributed by atoms with E-state index in [1.54, 1.807) is 0 Å².